The van der Waals surface area contributed by atoms with Crippen LogP contribution in [0, 0.1) is 0 Å². The number of methoxy groups -OCH3 is 1. The molecule has 80 valence electrons. The summed E-state index contributed by atoms with van der Waals surface area (Å²) in [6.45, 7) is 0. The van der Waals surface area contributed by atoms with Gasteiger partial charge in [-0.25, -0.2) is 4.79 Å². The molecule has 7 heteroatoms. The van der Waals surface area contributed by atoms with Gasteiger partial charge in [-0.1, -0.05) is 11.6 Å². The molecule has 1 aromatic rings. The van der Waals surface area contributed by atoms with Gasteiger partial charge in [-0.3, -0.25) is 0 Å². The maximum absolute atomic E-state index is 11.1. The summed E-state index contributed by atoms with van der Waals surface area (Å²) in [5, 5.41) is 17.3. The Balaban J connectivity index is 2.99. The van der Waals surface area contributed by atoms with Crippen LogP contribution in [0.3, 0.4) is 0 Å². The number of hydrogen-bond donors (Lipinski definition) is 2. The Morgan fingerprint density at radius 2 is 2.07 bits per heavy atom. The van der Waals surface area contributed by atoms with Gasteiger partial charge in [0, 0.05) is 5.02 Å². The Morgan fingerprint density at radius 3 is 2.60 bits per heavy atom. The van der Waals surface area contributed by atoms with E-state index in [2.05, 4.69) is 9.39 Å². The normalized spacial score (nSPS) is 9.60. The van der Waals surface area contributed by atoms with E-state index < -0.39 is 13.3 Å². The molecule has 0 unspecified atom stereocenters. The van der Waals surface area contributed by atoms with E-state index in [0.717, 1.165) is 0 Å². The van der Waals surface area contributed by atoms with Gasteiger partial charge in [-0.2, -0.15) is 0 Å². The van der Waals surface area contributed by atoms with Crippen molar-refractivity contribution in [2.45, 2.75) is 0 Å². The Morgan fingerprint density at radius 1 is 1.40 bits per heavy atom. The van der Waals surface area contributed by atoms with Crippen molar-refractivity contribution in [3.63, 3.8) is 0 Å². The number of hydrogen-bond acceptors (Lipinski definition) is 5. The predicted octanol–water partition coefficient (Wildman–Crippen LogP) is 0.475. The van der Waals surface area contributed by atoms with Gasteiger partial charge in [-0.15, -0.1) is 0 Å². The average Bonchev–Trinajstić information content (AvgIpc) is 2.14. The van der Waals surface area contributed by atoms with Crippen LogP contribution in [0.5, 0.6) is 5.75 Å². The summed E-state index contributed by atoms with van der Waals surface area (Å²) in [5.41, 5.74) is 0.167. The molecular weight excluding hydrogens is 222 g/mol. The lowest BCUT2D eigenvalue weighted by atomic mass is 10.2. The van der Waals surface area contributed by atoms with E-state index in [0.29, 0.717) is 0 Å². The van der Waals surface area contributed by atoms with Gasteiger partial charge in [0.15, 0.2) is 0 Å². The number of carbonyl (C=O) groups is 1. The summed E-state index contributed by atoms with van der Waals surface area (Å²) in [7, 11) is -0.737. The molecule has 1 rings (SSSR count). The van der Waals surface area contributed by atoms with Crippen molar-refractivity contribution in [2.75, 3.05) is 7.11 Å². The fraction of sp³-hybridized carbons (Fsp3) is 0.125. The predicted molar refractivity (Wildman–Crippen MR) is 53.6 cm³/mol. The Hall–Kier alpha value is -1.24. The molecule has 0 spiro atoms. The molecule has 0 aromatic heterocycles. The van der Waals surface area contributed by atoms with Gasteiger partial charge >= 0.3 is 13.3 Å². The number of rotatable bonds is 3. The van der Waals surface area contributed by atoms with Crippen LogP contribution in [-0.2, 0) is 4.74 Å². The Kier molecular flexibility index (Phi) is 3.96. The first kappa shape index (κ1) is 11.8. The third-order valence-corrected chi connectivity index (χ3v) is 1.75. The molecule has 15 heavy (non-hydrogen) atoms. The quantitative estimate of drug-likeness (QED) is 0.583. The standard InChI is InChI=1S/C8H8BClO5/c1-14-8(11)5-2-6(10)4-7(3-5)15-9(12)13/h2-4,12-13H,1H3. The van der Waals surface area contributed by atoms with E-state index in [9.17, 15) is 4.79 Å². The average molecular weight is 230 g/mol. The summed E-state index contributed by atoms with van der Waals surface area (Å²) in [6.07, 6.45) is 0. The summed E-state index contributed by atoms with van der Waals surface area (Å²) in [4.78, 5) is 11.1. The third kappa shape index (κ3) is 3.43. The van der Waals surface area contributed by atoms with Gasteiger partial charge in [0.05, 0.1) is 12.7 Å². The van der Waals surface area contributed by atoms with Crippen LogP contribution >= 0.6 is 11.6 Å². The first-order valence-corrected chi connectivity index (χ1v) is 4.32. The monoisotopic (exact) mass is 230 g/mol. The fourth-order valence-corrected chi connectivity index (χ4v) is 1.21. The molecule has 5 nitrogen and oxygen atoms in total. The summed E-state index contributed by atoms with van der Waals surface area (Å²) in [5.74, 6) is -0.521. The zero-order chi connectivity index (χ0) is 11.4. The van der Waals surface area contributed by atoms with Crippen molar-refractivity contribution in [2.24, 2.45) is 0 Å². The molecule has 0 atom stereocenters. The van der Waals surface area contributed by atoms with E-state index in [1.807, 2.05) is 0 Å². The molecule has 0 saturated carbocycles. The van der Waals surface area contributed by atoms with Crippen molar-refractivity contribution in [1.82, 2.24) is 0 Å². The Labute approximate surface area is 91.4 Å². The second-order valence-corrected chi connectivity index (χ2v) is 3.05. The number of halogens is 1. The van der Waals surface area contributed by atoms with Crippen LogP contribution in [0.25, 0.3) is 0 Å². The second-order valence-electron chi connectivity index (χ2n) is 2.61. The van der Waals surface area contributed by atoms with Crippen molar-refractivity contribution in [3.05, 3.63) is 28.8 Å². The first-order valence-electron chi connectivity index (χ1n) is 3.94. The van der Waals surface area contributed by atoms with Crippen LogP contribution in [0.4, 0.5) is 0 Å². The number of esters is 1. The highest BCUT2D eigenvalue weighted by Crippen LogP contribution is 2.21. The van der Waals surface area contributed by atoms with Crippen LogP contribution in [0.2, 0.25) is 5.02 Å². The van der Waals surface area contributed by atoms with E-state index >= 15 is 0 Å². The molecule has 0 fully saturated rings. The minimum atomic E-state index is -1.96. The molecule has 0 aliphatic heterocycles. The maximum Gasteiger partial charge on any atom is 0.707 e. The lowest BCUT2D eigenvalue weighted by Gasteiger charge is -2.07. The van der Waals surface area contributed by atoms with Crippen molar-refractivity contribution >= 4 is 24.9 Å². The smallest absolute Gasteiger partial charge is 0.512 e. The summed E-state index contributed by atoms with van der Waals surface area (Å²) >= 11 is 5.68. The highest BCUT2D eigenvalue weighted by Gasteiger charge is 2.14. The molecule has 0 aliphatic carbocycles. The first-order chi connectivity index (χ1) is 7.02. The lowest BCUT2D eigenvalue weighted by molar-refractivity contribution is 0.0600. The number of benzene rings is 1. The van der Waals surface area contributed by atoms with Crippen LogP contribution in [0.15, 0.2) is 18.2 Å². The molecule has 2 N–H and O–H groups in total. The highest BCUT2D eigenvalue weighted by molar-refractivity contribution is 6.34. The van der Waals surface area contributed by atoms with Gasteiger partial charge in [-0.05, 0) is 18.2 Å². The molecule has 0 saturated heterocycles. The number of carbonyl (C=O) groups excluding carboxylic acids is 1. The SMILES string of the molecule is COC(=O)c1cc(Cl)cc(OB(O)O)c1. The minimum Gasteiger partial charge on any atom is -0.512 e. The van der Waals surface area contributed by atoms with E-state index in [1.54, 1.807) is 0 Å². The largest absolute Gasteiger partial charge is 0.707 e. The zero-order valence-corrected chi connectivity index (χ0v) is 8.56. The molecule has 0 heterocycles. The number of ether oxygens (including phenoxy) is 1. The van der Waals surface area contributed by atoms with E-state index in [4.69, 9.17) is 21.6 Å². The fourth-order valence-electron chi connectivity index (χ4n) is 0.988. The van der Waals surface area contributed by atoms with Gasteiger partial charge < -0.3 is 19.4 Å². The molecule has 1 aromatic carbocycles. The molecule has 0 bridgehead atoms. The highest BCUT2D eigenvalue weighted by atomic mass is 35.5. The van der Waals surface area contributed by atoms with E-state index in [1.165, 1.54) is 25.3 Å². The summed E-state index contributed by atoms with van der Waals surface area (Å²) < 4.78 is 9.02. The van der Waals surface area contributed by atoms with Crippen LogP contribution in [0.1, 0.15) is 10.4 Å². The lowest BCUT2D eigenvalue weighted by Crippen LogP contribution is -2.20. The van der Waals surface area contributed by atoms with Crippen LogP contribution < -0.4 is 4.65 Å². The molecular formula is C8H8BClO5. The van der Waals surface area contributed by atoms with Gasteiger partial charge in [0.2, 0.25) is 0 Å². The molecule has 0 radical (unpaired) electrons. The zero-order valence-electron chi connectivity index (χ0n) is 7.81. The van der Waals surface area contributed by atoms with E-state index in [-0.39, 0.29) is 16.3 Å². The van der Waals surface area contributed by atoms with Crippen molar-refractivity contribution in [3.8, 4) is 5.75 Å². The maximum atomic E-state index is 11.1. The van der Waals surface area contributed by atoms with Gasteiger partial charge in [0.25, 0.3) is 0 Å². The summed E-state index contributed by atoms with van der Waals surface area (Å²) in [6, 6.07) is 4.01. The minimum absolute atomic E-state index is 0.0675. The van der Waals surface area contributed by atoms with Crippen molar-refractivity contribution < 1.29 is 24.2 Å². The molecule has 0 amide bonds. The topological polar surface area (TPSA) is 76.0 Å². The molecule has 0 aliphatic rings. The van der Waals surface area contributed by atoms with Gasteiger partial charge in [0.1, 0.15) is 5.75 Å². The van der Waals surface area contributed by atoms with Crippen molar-refractivity contribution in [1.29, 1.82) is 0 Å². The third-order valence-electron chi connectivity index (χ3n) is 1.53. The Bertz CT molecular complexity index is 368. The second kappa shape index (κ2) is 5.02. The van der Waals surface area contributed by atoms with Crippen LogP contribution in [-0.4, -0.2) is 30.4 Å².